The van der Waals surface area contributed by atoms with Crippen LogP contribution in [0.5, 0.6) is 0 Å². The van der Waals surface area contributed by atoms with Gasteiger partial charge in [-0.15, -0.1) is 0 Å². The van der Waals surface area contributed by atoms with Gasteiger partial charge in [0.15, 0.2) is 0 Å². The second-order valence-corrected chi connectivity index (χ2v) is 5.29. The number of hydrogen-bond acceptors (Lipinski definition) is 3. The number of carboxylic acid groups (broad SMARTS) is 1. The number of carboxylic acids is 1. The minimum Gasteiger partial charge on any atom is -0.481 e. The first kappa shape index (κ1) is 11.9. The molecule has 3 unspecified atom stereocenters. The first-order valence-corrected chi connectivity index (χ1v) is 6.17. The highest BCUT2D eigenvalue weighted by Crippen LogP contribution is 2.49. The number of rotatable bonds is 5. The van der Waals surface area contributed by atoms with E-state index < -0.39 is 11.4 Å². The van der Waals surface area contributed by atoms with Gasteiger partial charge in [0.05, 0.1) is 17.6 Å². The highest BCUT2D eigenvalue weighted by Gasteiger charge is 2.51. The van der Waals surface area contributed by atoms with Crippen LogP contribution in [0, 0.1) is 11.3 Å². The van der Waals surface area contributed by atoms with Gasteiger partial charge in [0.1, 0.15) is 0 Å². The van der Waals surface area contributed by atoms with E-state index >= 15 is 0 Å². The molecule has 0 aromatic carbocycles. The van der Waals surface area contributed by atoms with E-state index in [4.69, 9.17) is 10.5 Å². The van der Waals surface area contributed by atoms with Crippen LogP contribution in [0.2, 0.25) is 0 Å². The van der Waals surface area contributed by atoms with Crippen LogP contribution in [-0.4, -0.2) is 29.8 Å². The van der Waals surface area contributed by atoms with Crippen molar-refractivity contribution in [2.75, 3.05) is 6.54 Å². The lowest BCUT2D eigenvalue weighted by molar-refractivity contribution is -0.152. The Morgan fingerprint density at radius 1 is 1.44 bits per heavy atom. The Kier molecular flexibility index (Phi) is 3.22. The fourth-order valence-corrected chi connectivity index (χ4v) is 2.84. The summed E-state index contributed by atoms with van der Waals surface area (Å²) >= 11 is 0. The van der Waals surface area contributed by atoms with Gasteiger partial charge in [-0.25, -0.2) is 0 Å². The van der Waals surface area contributed by atoms with Crippen LogP contribution >= 0.6 is 0 Å². The van der Waals surface area contributed by atoms with Crippen molar-refractivity contribution < 1.29 is 14.6 Å². The molecule has 0 aromatic rings. The maximum atomic E-state index is 11.5. The first-order chi connectivity index (χ1) is 7.58. The van der Waals surface area contributed by atoms with E-state index in [2.05, 4.69) is 0 Å². The van der Waals surface area contributed by atoms with E-state index in [-0.39, 0.29) is 24.7 Å². The lowest BCUT2D eigenvalue weighted by Crippen LogP contribution is -2.43. The summed E-state index contributed by atoms with van der Waals surface area (Å²) in [4.78, 5) is 11.5. The molecule has 2 aliphatic rings. The number of ether oxygens (including phenoxy) is 1. The minimum absolute atomic E-state index is 0.0928. The Bertz CT molecular complexity index is 277. The van der Waals surface area contributed by atoms with Gasteiger partial charge in [-0.1, -0.05) is 0 Å². The molecule has 4 nitrogen and oxygen atoms in total. The second-order valence-electron chi connectivity index (χ2n) is 5.29. The molecule has 0 aromatic heterocycles. The third-order valence-corrected chi connectivity index (χ3v) is 4.06. The van der Waals surface area contributed by atoms with E-state index in [0.29, 0.717) is 6.42 Å². The standard InChI is InChI=1S/C12H21NO3/c1-8-2-5-10(16-8)6-12(7-13,11(14)15)9-3-4-9/h8-10H,2-7,13H2,1H3,(H,14,15). The molecule has 1 aliphatic carbocycles. The van der Waals surface area contributed by atoms with Gasteiger partial charge < -0.3 is 15.6 Å². The van der Waals surface area contributed by atoms with Crippen LogP contribution in [0.4, 0.5) is 0 Å². The van der Waals surface area contributed by atoms with Crippen LogP contribution in [0.3, 0.4) is 0 Å². The molecule has 1 aliphatic heterocycles. The molecule has 3 atom stereocenters. The Labute approximate surface area is 96.2 Å². The molecule has 4 heteroatoms. The predicted molar refractivity (Wildman–Crippen MR) is 60.0 cm³/mol. The van der Waals surface area contributed by atoms with Crippen LogP contribution in [0.15, 0.2) is 0 Å². The summed E-state index contributed by atoms with van der Waals surface area (Å²) in [5.41, 5.74) is 5.00. The summed E-state index contributed by atoms with van der Waals surface area (Å²) in [7, 11) is 0. The molecule has 0 amide bonds. The van der Waals surface area contributed by atoms with Crippen molar-refractivity contribution in [1.29, 1.82) is 0 Å². The third kappa shape index (κ3) is 2.09. The van der Waals surface area contributed by atoms with E-state index in [9.17, 15) is 9.90 Å². The summed E-state index contributed by atoms with van der Waals surface area (Å²) < 4.78 is 5.73. The average molecular weight is 227 g/mol. The quantitative estimate of drug-likeness (QED) is 0.744. The molecule has 2 rings (SSSR count). The zero-order valence-corrected chi connectivity index (χ0v) is 9.82. The molecule has 92 valence electrons. The van der Waals surface area contributed by atoms with Crippen molar-refractivity contribution in [2.45, 2.75) is 51.2 Å². The van der Waals surface area contributed by atoms with Crippen molar-refractivity contribution in [2.24, 2.45) is 17.1 Å². The van der Waals surface area contributed by atoms with Gasteiger partial charge in [-0.3, -0.25) is 4.79 Å². The van der Waals surface area contributed by atoms with Crippen LogP contribution < -0.4 is 5.73 Å². The van der Waals surface area contributed by atoms with Crippen LogP contribution in [0.25, 0.3) is 0 Å². The van der Waals surface area contributed by atoms with E-state index in [1.165, 1.54) is 0 Å². The summed E-state index contributed by atoms with van der Waals surface area (Å²) in [5, 5.41) is 9.42. The fraction of sp³-hybridized carbons (Fsp3) is 0.917. The van der Waals surface area contributed by atoms with Gasteiger partial charge in [0, 0.05) is 6.54 Å². The summed E-state index contributed by atoms with van der Waals surface area (Å²) in [6.45, 7) is 2.28. The number of hydrogen-bond donors (Lipinski definition) is 2. The van der Waals surface area contributed by atoms with Crippen molar-refractivity contribution in [3.63, 3.8) is 0 Å². The molecular weight excluding hydrogens is 206 g/mol. The molecule has 1 heterocycles. The van der Waals surface area contributed by atoms with E-state index in [1.807, 2.05) is 6.92 Å². The van der Waals surface area contributed by atoms with Gasteiger partial charge in [0.25, 0.3) is 0 Å². The highest BCUT2D eigenvalue weighted by atomic mass is 16.5. The zero-order chi connectivity index (χ0) is 11.8. The summed E-state index contributed by atoms with van der Waals surface area (Å²) in [5.74, 6) is -0.463. The monoisotopic (exact) mass is 227 g/mol. The Morgan fingerprint density at radius 3 is 2.50 bits per heavy atom. The topological polar surface area (TPSA) is 72.6 Å². The van der Waals surface area contributed by atoms with Gasteiger partial charge in [-0.05, 0) is 44.9 Å². The smallest absolute Gasteiger partial charge is 0.311 e. The Balaban J connectivity index is 2.04. The molecule has 3 N–H and O–H groups in total. The first-order valence-electron chi connectivity index (χ1n) is 6.17. The Morgan fingerprint density at radius 2 is 2.12 bits per heavy atom. The number of nitrogens with two attached hydrogens (primary N) is 1. The van der Waals surface area contributed by atoms with Crippen molar-refractivity contribution >= 4 is 5.97 Å². The minimum atomic E-state index is -0.736. The number of carbonyl (C=O) groups is 1. The van der Waals surface area contributed by atoms with E-state index in [0.717, 1.165) is 25.7 Å². The third-order valence-electron chi connectivity index (χ3n) is 4.06. The van der Waals surface area contributed by atoms with Crippen LogP contribution in [-0.2, 0) is 9.53 Å². The van der Waals surface area contributed by atoms with E-state index in [1.54, 1.807) is 0 Å². The lowest BCUT2D eigenvalue weighted by atomic mass is 9.77. The molecule has 1 saturated heterocycles. The molecule has 16 heavy (non-hydrogen) atoms. The van der Waals surface area contributed by atoms with Gasteiger partial charge >= 0.3 is 5.97 Å². The molecular formula is C12H21NO3. The SMILES string of the molecule is CC1CCC(CC(CN)(C(=O)O)C2CC2)O1. The van der Waals surface area contributed by atoms with Crippen molar-refractivity contribution in [3.05, 3.63) is 0 Å². The normalized spacial score (nSPS) is 33.6. The highest BCUT2D eigenvalue weighted by molar-refractivity contribution is 5.76. The summed E-state index contributed by atoms with van der Waals surface area (Å²) in [6.07, 6.45) is 4.98. The predicted octanol–water partition coefficient (Wildman–Crippen LogP) is 1.38. The maximum Gasteiger partial charge on any atom is 0.311 e. The average Bonchev–Trinajstić information content (AvgIpc) is 3.00. The molecule has 1 saturated carbocycles. The fourth-order valence-electron chi connectivity index (χ4n) is 2.84. The maximum absolute atomic E-state index is 11.5. The second kappa shape index (κ2) is 4.34. The molecule has 0 bridgehead atoms. The summed E-state index contributed by atoms with van der Waals surface area (Å²) in [6, 6.07) is 0. The van der Waals surface area contributed by atoms with Gasteiger partial charge in [-0.2, -0.15) is 0 Å². The molecule has 0 radical (unpaired) electrons. The Hall–Kier alpha value is -0.610. The lowest BCUT2D eigenvalue weighted by Gasteiger charge is -2.30. The largest absolute Gasteiger partial charge is 0.481 e. The van der Waals surface area contributed by atoms with Crippen LogP contribution in [0.1, 0.15) is 39.0 Å². The van der Waals surface area contributed by atoms with Crippen molar-refractivity contribution in [3.8, 4) is 0 Å². The number of aliphatic carboxylic acids is 1. The van der Waals surface area contributed by atoms with Gasteiger partial charge in [0.2, 0.25) is 0 Å². The zero-order valence-electron chi connectivity index (χ0n) is 9.82. The van der Waals surface area contributed by atoms with Crippen molar-refractivity contribution in [1.82, 2.24) is 0 Å². The molecule has 0 spiro atoms. The molecule has 2 fully saturated rings.